The summed E-state index contributed by atoms with van der Waals surface area (Å²) in [5.74, 6) is 0. The summed E-state index contributed by atoms with van der Waals surface area (Å²) in [4.78, 5) is 14.4. The molecule has 1 atom stereocenters. The van der Waals surface area contributed by atoms with Gasteiger partial charge in [-0.15, -0.1) is 0 Å². The summed E-state index contributed by atoms with van der Waals surface area (Å²) in [6.07, 6.45) is 6.64. The van der Waals surface area contributed by atoms with Crippen LogP contribution in [0.1, 0.15) is 48.4 Å². The molecule has 7 heteroatoms. The maximum Gasteiger partial charge on any atom is 0.332 e. The standard InChI is InChI=1S/C19H29N3O3S/c1-13(10-11-22(2)3)26(24,25)21-19(23)20-18-16-8-4-6-14(16)12-15-7-5-9-17(15)18/h12-13H,4-11H2,1-3H3,(H2,20,21,23). The highest BCUT2D eigenvalue weighted by Crippen LogP contribution is 2.38. The molecule has 2 aliphatic rings. The van der Waals surface area contributed by atoms with Gasteiger partial charge in [-0.1, -0.05) is 6.07 Å². The van der Waals surface area contributed by atoms with E-state index in [0.717, 1.165) is 44.2 Å². The molecule has 2 N–H and O–H groups in total. The van der Waals surface area contributed by atoms with E-state index in [4.69, 9.17) is 0 Å². The van der Waals surface area contributed by atoms with Crippen LogP contribution in [0.15, 0.2) is 6.07 Å². The number of benzene rings is 1. The number of rotatable bonds is 6. The van der Waals surface area contributed by atoms with Crippen LogP contribution in [-0.2, 0) is 35.7 Å². The molecule has 0 bridgehead atoms. The van der Waals surface area contributed by atoms with Gasteiger partial charge in [0.2, 0.25) is 10.0 Å². The first-order valence-electron chi connectivity index (χ1n) is 9.42. The maximum atomic E-state index is 12.5. The number of carbonyl (C=O) groups excluding carboxylic acids is 1. The maximum absolute atomic E-state index is 12.5. The first-order chi connectivity index (χ1) is 12.3. The van der Waals surface area contributed by atoms with Gasteiger partial charge in [-0.05, 0) is 94.8 Å². The number of urea groups is 1. The number of nitrogens with zero attached hydrogens (tertiary/aromatic N) is 1. The molecule has 1 aromatic rings. The Bertz CT molecular complexity index is 770. The summed E-state index contributed by atoms with van der Waals surface area (Å²) in [5.41, 5.74) is 5.87. The van der Waals surface area contributed by atoms with E-state index in [1.165, 1.54) is 22.3 Å². The minimum atomic E-state index is -3.69. The van der Waals surface area contributed by atoms with Gasteiger partial charge in [0.25, 0.3) is 0 Å². The van der Waals surface area contributed by atoms with Crippen LogP contribution >= 0.6 is 0 Å². The molecule has 0 aliphatic heterocycles. The van der Waals surface area contributed by atoms with Gasteiger partial charge in [0.1, 0.15) is 0 Å². The lowest BCUT2D eigenvalue weighted by atomic mass is 9.99. The molecule has 0 radical (unpaired) electrons. The minimum absolute atomic E-state index is 0.478. The largest absolute Gasteiger partial charge is 0.332 e. The van der Waals surface area contributed by atoms with Gasteiger partial charge in [-0.2, -0.15) is 0 Å². The van der Waals surface area contributed by atoms with Crippen molar-refractivity contribution >= 4 is 21.7 Å². The molecule has 1 unspecified atom stereocenters. The molecule has 0 heterocycles. The zero-order valence-electron chi connectivity index (χ0n) is 15.9. The molecule has 0 saturated carbocycles. The van der Waals surface area contributed by atoms with Crippen LogP contribution in [0.4, 0.5) is 10.5 Å². The fourth-order valence-corrected chi connectivity index (χ4v) is 4.86. The Kier molecular flexibility index (Phi) is 5.58. The van der Waals surface area contributed by atoms with Crippen LogP contribution in [-0.4, -0.2) is 45.2 Å². The van der Waals surface area contributed by atoms with Crippen molar-refractivity contribution in [3.05, 3.63) is 28.3 Å². The number of nitrogens with one attached hydrogen (secondary N) is 2. The molecule has 2 aliphatic carbocycles. The van der Waals surface area contributed by atoms with Gasteiger partial charge >= 0.3 is 6.03 Å². The molecule has 0 fully saturated rings. The third kappa shape index (κ3) is 4.04. The molecular formula is C19H29N3O3S. The molecule has 0 saturated heterocycles. The van der Waals surface area contributed by atoms with Gasteiger partial charge in [0, 0.05) is 5.69 Å². The highest BCUT2D eigenvalue weighted by molar-refractivity contribution is 7.90. The van der Waals surface area contributed by atoms with Crippen molar-refractivity contribution in [1.82, 2.24) is 9.62 Å². The second kappa shape index (κ2) is 7.56. The van der Waals surface area contributed by atoms with Crippen molar-refractivity contribution in [3.8, 4) is 0 Å². The van der Waals surface area contributed by atoms with Crippen LogP contribution in [0, 0.1) is 0 Å². The summed E-state index contributed by atoms with van der Waals surface area (Å²) < 4.78 is 27.1. The van der Waals surface area contributed by atoms with Crippen molar-refractivity contribution in [1.29, 1.82) is 0 Å². The fourth-order valence-electron chi connectivity index (χ4n) is 3.93. The Morgan fingerprint density at radius 3 is 2.23 bits per heavy atom. The zero-order valence-corrected chi connectivity index (χ0v) is 16.7. The van der Waals surface area contributed by atoms with Crippen LogP contribution in [0.25, 0.3) is 0 Å². The Hall–Kier alpha value is -1.60. The predicted octanol–water partition coefficient (Wildman–Crippen LogP) is 2.46. The summed E-state index contributed by atoms with van der Waals surface area (Å²) in [6, 6.07) is 1.64. The monoisotopic (exact) mass is 379 g/mol. The third-order valence-electron chi connectivity index (χ3n) is 5.46. The van der Waals surface area contributed by atoms with Gasteiger partial charge < -0.3 is 10.2 Å². The van der Waals surface area contributed by atoms with E-state index in [0.29, 0.717) is 13.0 Å². The van der Waals surface area contributed by atoms with Crippen molar-refractivity contribution in [2.75, 3.05) is 26.0 Å². The summed E-state index contributed by atoms with van der Waals surface area (Å²) in [5, 5.41) is 2.26. The van der Waals surface area contributed by atoms with Crippen molar-refractivity contribution in [2.24, 2.45) is 0 Å². The Balaban J connectivity index is 1.73. The molecule has 3 rings (SSSR count). The number of hydrogen-bond donors (Lipinski definition) is 2. The SMILES string of the molecule is CC(CCN(C)C)S(=O)(=O)NC(=O)Nc1c2c(cc3c1CCC3)CCC2. The number of anilines is 1. The number of aryl methyl sites for hydroxylation is 2. The zero-order chi connectivity index (χ0) is 18.9. The van der Waals surface area contributed by atoms with E-state index in [9.17, 15) is 13.2 Å². The predicted molar refractivity (Wildman–Crippen MR) is 104 cm³/mol. The third-order valence-corrected chi connectivity index (χ3v) is 7.22. The highest BCUT2D eigenvalue weighted by Gasteiger charge is 2.27. The topological polar surface area (TPSA) is 78.5 Å². The molecule has 144 valence electrons. The highest BCUT2D eigenvalue weighted by atomic mass is 32.2. The minimum Gasteiger partial charge on any atom is -0.309 e. The van der Waals surface area contributed by atoms with Crippen LogP contribution in [0.5, 0.6) is 0 Å². The van der Waals surface area contributed by atoms with Crippen LogP contribution in [0.3, 0.4) is 0 Å². The van der Waals surface area contributed by atoms with E-state index in [1.54, 1.807) is 6.92 Å². The molecule has 6 nitrogen and oxygen atoms in total. The van der Waals surface area contributed by atoms with E-state index in [-0.39, 0.29) is 0 Å². The first kappa shape index (κ1) is 19.2. The summed E-state index contributed by atoms with van der Waals surface area (Å²) >= 11 is 0. The Labute approximate surface area is 156 Å². The summed E-state index contributed by atoms with van der Waals surface area (Å²) in [6.45, 7) is 2.29. The number of fused-ring (bicyclic) bond motifs is 2. The van der Waals surface area contributed by atoms with E-state index >= 15 is 0 Å². The van der Waals surface area contributed by atoms with Gasteiger partial charge in [-0.3, -0.25) is 0 Å². The average molecular weight is 380 g/mol. The smallest absolute Gasteiger partial charge is 0.309 e. The van der Waals surface area contributed by atoms with Gasteiger partial charge in [0.05, 0.1) is 5.25 Å². The average Bonchev–Trinajstić information content (AvgIpc) is 3.20. The second-order valence-electron chi connectivity index (χ2n) is 7.74. The second-order valence-corrected chi connectivity index (χ2v) is 9.84. The molecule has 0 spiro atoms. The molecule has 1 aromatic carbocycles. The Morgan fingerprint density at radius 1 is 1.12 bits per heavy atom. The first-order valence-corrected chi connectivity index (χ1v) is 11.0. The lowest BCUT2D eigenvalue weighted by molar-refractivity contribution is 0.256. The summed E-state index contributed by atoms with van der Waals surface area (Å²) in [7, 11) is 0.106. The molecule has 2 amide bonds. The fraction of sp³-hybridized carbons (Fsp3) is 0.632. The van der Waals surface area contributed by atoms with E-state index in [1.807, 2.05) is 19.0 Å². The quantitative estimate of drug-likeness (QED) is 0.796. The lowest BCUT2D eigenvalue weighted by Crippen LogP contribution is -2.40. The lowest BCUT2D eigenvalue weighted by Gasteiger charge is -2.19. The number of amides is 2. The molecular weight excluding hydrogens is 350 g/mol. The van der Waals surface area contributed by atoms with E-state index in [2.05, 4.69) is 16.1 Å². The van der Waals surface area contributed by atoms with Crippen molar-refractivity contribution in [2.45, 2.75) is 57.1 Å². The molecule has 0 aromatic heterocycles. The van der Waals surface area contributed by atoms with Gasteiger partial charge in [-0.25, -0.2) is 17.9 Å². The van der Waals surface area contributed by atoms with Crippen LogP contribution < -0.4 is 10.0 Å². The number of hydrogen-bond acceptors (Lipinski definition) is 4. The normalized spacial score (nSPS) is 17.1. The van der Waals surface area contributed by atoms with Gasteiger partial charge in [0.15, 0.2) is 0 Å². The van der Waals surface area contributed by atoms with Crippen LogP contribution in [0.2, 0.25) is 0 Å². The number of sulfonamides is 1. The molecule has 26 heavy (non-hydrogen) atoms. The van der Waals surface area contributed by atoms with Crippen molar-refractivity contribution in [3.63, 3.8) is 0 Å². The van der Waals surface area contributed by atoms with E-state index < -0.39 is 21.3 Å². The van der Waals surface area contributed by atoms with Crippen molar-refractivity contribution < 1.29 is 13.2 Å². The Morgan fingerprint density at radius 2 is 1.69 bits per heavy atom. The number of carbonyl (C=O) groups is 1.